The number of hydrogen-bond acceptors (Lipinski definition) is 3. The van der Waals surface area contributed by atoms with Crippen LogP contribution in [-0.4, -0.2) is 72.5 Å². The molecule has 1 aromatic carbocycles. The van der Waals surface area contributed by atoms with E-state index in [9.17, 15) is 9.59 Å². The second-order valence-corrected chi connectivity index (χ2v) is 6.31. The van der Waals surface area contributed by atoms with Gasteiger partial charge in [0.05, 0.1) is 0 Å². The first-order chi connectivity index (χ1) is 12.0. The molecule has 0 aliphatic carbocycles. The maximum atomic E-state index is 12.4. The summed E-state index contributed by atoms with van der Waals surface area (Å²) in [5, 5.41) is 0. The van der Waals surface area contributed by atoms with Crippen LogP contribution in [0.2, 0.25) is 0 Å². The summed E-state index contributed by atoms with van der Waals surface area (Å²) in [6.07, 6.45) is 0. The average molecular weight is 347 g/mol. The number of nitrogens with zero attached hydrogens (tertiary/aromatic N) is 3. The number of carbonyl (C=O) groups excluding carboxylic acids is 2. The van der Waals surface area contributed by atoms with Crippen molar-refractivity contribution in [3.05, 3.63) is 29.3 Å². The Morgan fingerprint density at radius 2 is 1.64 bits per heavy atom. The topological polar surface area (TPSA) is 53.1 Å². The summed E-state index contributed by atoms with van der Waals surface area (Å²) in [6, 6.07) is 5.90. The summed E-state index contributed by atoms with van der Waals surface area (Å²) < 4.78 is 5.70. The minimum atomic E-state index is -0.0316. The lowest BCUT2D eigenvalue weighted by Gasteiger charge is -2.37. The molecule has 0 unspecified atom stereocenters. The van der Waals surface area contributed by atoms with Crippen LogP contribution in [0.5, 0.6) is 5.75 Å². The molecule has 6 nitrogen and oxygen atoms in total. The number of carbonyl (C=O) groups is 2. The van der Waals surface area contributed by atoms with Gasteiger partial charge in [0.25, 0.3) is 5.91 Å². The Morgan fingerprint density at radius 3 is 2.24 bits per heavy atom. The first kappa shape index (κ1) is 19.1. The number of amides is 3. The van der Waals surface area contributed by atoms with Crippen LogP contribution in [0.4, 0.5) is 4.79 Å². The summed E-state index contributed by atoms with van der Waals surface area (Å²) in [6.45, 7) is 11.7. The number of aryl methyl sites for hydroxylation is 1. The summed E-state index contributed by atoms with van der Waals surface area (Å²) in [7, 11) is 0. The molecular formula is C19H29N3O3. The molecule has 0 radical (unpaired) electrons. The highest BCUT2D eigenvalue weighted by molar-refractivity contribution is 5.79. The van der Waals surface area contributed by atoms with Gasteiger partial charge >= 0.3 is 6.03 Å². The number of urea groups is 1. The predicted octanol–water partition coefficient (Wildman–Crippen LogP) is 2.29. The molecule has 1 saturated heterocycles. The lowest BCUT2D eigenvalue weighted by molar-refractivity contribution is -0.134. The van der Waals surface area contributed by atoms with Gasteiger partial charge in [0.1, 0.15) is 5.75 Å². The van der Waals surface area contributed by atoms with Crippen molar-refractivity contribution >= 4 is 11.9 Å². The maximum absolute atomic E-state index is 12.4. The fourth-order valence-corrected chi connectivity index (χ4v) is 2.95. The molecule has 138 valence electrons. The second-order valence-electron chi connectivity index (χ2n) is 6.31. The molecule has 1 heterocycles. The number of benzene rings is 1. The zero-order valence-electron chi connectivity index (χ0n) is 15.7. The minimum absolute atomic E-state index is 0.0316. The van der Waals surface area contributed by atoms with Gasteiger partial charge in [-0.3, -0.25) is 4.79 Å². The van der Waals surface area contributed by atoms with Gasteiger partial charge in [-0.2, -0.15) is 0 Å². The Labute approximate surface area is 150 Å². The summed E-state index contributed by atoms with van der Waals surface area (Å²) >= 11 is 0. The Morgan fingerprint density at radius 1 is 1.04 bits per heavy atom. The third-order valence-corrected chi connectivity index (χ3v) is 4.84. The largest absolute Gasteiger partial charge is 0.483 e. The lowest BCUT2D eigenvalue weighted by atomic mass is 10.1. The van der Waals surface area contributed by atoms with E-state index in [1.165, 1.54) is 0 Å². The molecule has 25 heavy (non-hydrogen) atoms. The summed E-state index contributed by atoms with van der Waals surface area (Å²) in [4.78, 5) is 30.1. The Hall–Kier alpha value is -2.24. The van der Waals surface area contributed by atoms with Crippen molar-refractivity contribution in [2.75, 3.05) is 45.9 Å². The SMILES string of the molecule is CCN(CC)C(=O)N1CCN(C(=O)COc2cccc(C)c2C)CC1. The monoisotopic (exact) mass is 347 g/mol. The van der Waals surface area contributed by atoms with E-state index in [0.29, 0.717) is 39.3 Å². The van der Waals surface area contributed by atoms with Crippen molar-refractivity contribution in [2.45, 2.75) is 27.7 Å². The minimum Gasteiger partial charge on any atom is -0.483 e. The number of piperazine rings is 1. The normalized spacial score (nSPS) is 14.4. The number of hydrogen-bond donors (Lipinski definition) is 0. The van der Waals surface area contributed by atoms with Gasteiger partial charge in [0, 0.05) is 39.3 Å². The number of rotatable bonds is 5. The lowest BCUT2D eigenvalue weighted by Crippen LogP contribution is -2.54. The van der Waals surface area contributed by atoms with Crippen LogP contribution in [0.15, 0.2) is 18.2 Å². The van der Waals surface area contributed by atoms with Crippen LogP contribution in [0, 0.1) is 13.8 Å². The molecule has 1 fully saturated rings. The van der Waals surface area contributed by atoms with E-state index < -0.39 is 0 Å². The number of ether oxygens (including phenoxy) is 1. The highest BCUT2D eigenvalue weighted by Crippen LogP contribution is 2.20. The van der Waals surface area contributed by atoms with Gasteiger partial charge in [0.2, 0.25) is 0 Å². The fourth-order valence-electron chi connectivity index (χ4n) is 2.95. The smallest absolute Gasteiger partial charge is 0.320 e. The molecule has 0 saturated carbocycles. The third-order valence-electron chi connectivity index (χ3n) is 4.84. The molecule has 2 rings (SSSR count). The van der Waals surface area contributed by atoms with E-state index in [-0.39, 0.29) is 18.5 Å². The van der Waals surface area contributed by atoms with Gasteiger partial charge in [-0.25, -0.2) is 4.79 Å². The van der Waals surface area contributed by atoms with E-state index in [1.807, 2.05) is 50.8 Å². The van der Waals surface area contributed by atoms with Gasteiger partial charge in [0.15, 0.2) is 6.61 Å². The van der Waals surface area contributed by atoms with Crippen molar-refractivity contribution in [1.82, 2.24) is 14.7 Å². The molecule has 0 bridgehead atoms. The molecule has 6 heteroatoms. The first-order valence-corrected chi connectivity index (χ1v) is 8.98. The quantitative estimate of drug-likeness (QED) is 0.821. The highest BCUT2D eigenvalue weighted by Gasteiger charge is 2.26. The van der Waals surface area contributed by atoms with Gasteiger partial charge in [-0.1, -0.05) is 12.1 Å². The summed E-state index contributed by atoms with van der Waals surface area (Å²) in [5.41, 5.74) is 2.21. The van der Waals surface area contributed by atoms with Gasteiger partial charge in [-0.15, -0.1) is 0 Å². The van der Waals surface area contributed by atoms with Crippen LogP contribution < -0.4 is 4.74 Å². The third kappa shape index (κ3) is 4.65. The molecule has 0 N–H and O–H groups in total. The first-order valence-electron chi connectivity index (χ1n) is 8.98. The molecule has 1 aromatic rings. The van der Waals surface area contributed by atoms with E-state index in [2.05, 4.69) is 0 Å². The van der Waals surface area contributed by atoms with Gasteiger partial charge < -0.3 is 19.4 Å². The Kier molecular flexibility index (Phi) is 6.67. The Balaban J connectivity index is 1.83. The van der Waals surface area contributed by atoms with Crippen LogP contribution in [-0.2, 0) is 4.79 Å². The van der Waals surface area contributed by atoms with Crippen LogP contribution in [0.3, 0.4) is 0 Å². The van der Waals surface area contributed by atoms with Crippen LogP contribution in [0.25, 0.3) is 0 Å². The van der Waals surface area contributed by atoms with Crippen LogP contribution in [0.1, 0.15) is 25.0 Å². The molecule has 1 aliphatic rings. The van der Waals surface area contributed by atoms with E-state index >= 15 is 0 Å². The fraction of sp³-hybridized carbons (Fsp3) is 0.579. The molecule has 0 spiro atoms. The van der Waals surface area contributed by atoms with Crippen molar-refractivity contribution in [3.8, 4) is 5.75 Å². The van der Waals surface area contributed by atoms with E-state index in [4.69, 9.17) is 4.74 Å². The van der Waals surface area contributed by atoms with Crippen molar-refractivity contribution in [2.24, 2.45) is 0 Å². The van der Waals surface area contributed by atoms with E-state index in [0.717, 1.165) is 16.9 Å². The zero-order chi connectivity index (χ0) is 18.4. The predicted molar refractivity (Wildman–Crippen MR) is 97.9 cm³/mol. The standard InChI is InChI=1S/C19H29N3O3/c1-5-20(6-2)19(24)22-12-10-21(11-13-22)18(23)14-25-17-9-7-8-15(3)16(17)4/h7-9H,5-6,10-14H2,1-4H3. The van der Waals surface area contributed by atoms with Gasteiger partial charge in [-0.05, 0) is 44.9 Å². The zero-order valence-corrected chi connectivity index (χ0v) is 15.7. The molecule has 0 atom stereocenters. The van der Waals surface area contributed by atoms with Crippen molar-refractivity contribution < 1.29 is 14.3 Å². The van der Waals surface area contributed by atoms with E-state index in [1.54, 1.807) is 9.80 Å². The maximum Gasteiger partial charge on any atom is 0.320 e. The van der Waals surface area contributed by atoms with Crippen molar-refractivity contribution in [1.29, 1.82) is 0 Å². The van der Waals surface area contributed by atoms with Crippen LogP contribution >= 0.6 is 0 Å². The Bertz CT molecular complexity index is 606. The summed E-state index contributed by atoms with van der Waals surface area (Å²) in [5.74, 6) is 0.722. The molecule has 0 aromatic heterocycles. The van der Waals surface area contributed by atoms with Crippen molar-refractivity contribution in [3.63, 3.8) is 0 Å². The molecule has 3 amide bonds. The average Bonchev–Trinajstić information content (AvgIpc) is 2.63. The molecular weight excluding hydrogens is 318 g/mol. The highest BCUT2D eigenvalue weighted by atomic mass is 16.5. The second kappa shape index (κ2) is 8.74. The molecule has 1 aliphatic heterocycles.